The van der Waals surface area contributed by atoms with Gasteiger partial charge in [-0.3, -0.25) is 19.7 Å². The Morgan fingerprint density at radius 2 is 2.00 bits per heavy atom. The first-order valence-electron chi connectivity index (χ1n) is 6.13. The van der Waals surface area contributed by atoms with Crippen LogP contribution in [0.25, 0.3) is 0 Å². The SMILES string of the molecule is NC(=O)CCCCNC(=O)c1c(F)ccc([N+](=O)[O-])c1N. The molecule has 0 fully saturated rings. The molecular weight excluding hydrogens is 283 g/mol. The van der Waals surface area contributed by atoms with Crippen LogP contribution in [0.4, 0.5) is 15.8 Å². The molecular formula is C12H15FN4O4. The Bertz CT molecular complexity index is 577. The van der Waals surface area contributed by atoms with Gasteiger partial charge in [0.2, 0.25) is 5.91 Å². The molecule has 1 rings (SSSR count). The molecule has 2 amide bonds. The van der Waals surface area contributed by atoms with Gasteiger partial charge in [0.05, 0.1) is 4.92 Å². The number of hydrogen-bond acceptors (Lipinski definition) is 5. The monoisotopic (exact) mass is 298 g/mol. The molecule has 0 aliphatic heterocycles. The van der Waals surface area contributed by atoms with E-state index in [9.17, 15) is 24.1 Å². The number of halogens is 1. The zero-order chi connectivity index (χ0) is 16.0. The van der Waals surface area contributed by atoms with E-state index in [2.05, 4.69) is 5.32 Å². The number of carbonyl (C=O) groups excluding carboxylic acids is 2. The molecule has 0 radical (unpaired) electrons. The summed E-state index contributed by atoms with van der Waals surface area (Å²) in [7, 11) is 0. The van der Waals surface area contributed by atoms with Gasteiger partial charge in [-0.25, -0.2) is 4.39 Å². The number of benzene rings is 1. The van der Waals surface area contributed by atoms with E-state index in [1.54, 1.807) is 0 Å². The van der Waals surface area contributed by atoms with Crippen LogP contribution in [-0.4, -0.2) is 23.3 Å². The van der Waals surface area contributed by atoms with Crippen molar-refractivity contribution in [3.63, 3.8) is 0 Å². The topological polar surface area (TPSA) is 141 Å². The summed E-state index contributed by atoms with van der Waals surface area (Å²) in [4.78, 5) is 32.2. The molecule has 0 spiro atoms. The summed E-state index contributed by atoms with van der Waals surface area (Å²) in [5.74, 6) is -2.23. The second kappa shape index (κ2) is 7.17. The minimum atomic E-state index is -0.937. The van der Waals surface area contributed by atoms with Crippen LogP contribution in [0.15, 0.2) is 12.1 Å². The normalized spacial score (nSPS) is 10.1. The van der Waals surface area contributed by atoms with Crippen LogP contribution >= 0.6 is 0 Å². The number of rotatable bonds is 7. The Morgan fingerprint density at radius 3 is 2.57 bits per heavy atom. The summed E-state index contributed by atoms with van der Waals surface area (Å²) in [5.41, 5.74) is 8.80. The van der Waals surface area contributed by atoms with Gasteiger partial charge in [-0.05, 0) is 18.9 Å². The molecule has 0 saturated carbocycles. The van der Waals surface area contributed by atoms with Gasteiger partial charge in [-0.1, -0.05) is 0 Å². The van der Waals surface area contributed by atoms with E-state index in [-0.39, 0.29) is 13.0 Å². The van der Waals surface area contributed by atoms with Crippen molar-refractivity contribution in [3.8, 4) is 0 Å². The molecule has 0 saturated heterocycles. The van der Waals surface area contributed by atoms with Gasteiger partial charge in [0.15, 0.2) is 0 Å². The highest BCUT2D eigenvalue weighted by molar-refractivity contribution is 6.01. The number of hydrogen-bond donors (Lipinski definition) is 3. The fourth-order valence-electron chi connectivity index (χ4n) is 1.69. The number of amides is 2. The van der Waals surface area contributed by atoms with Gasteiger partial charge in [0, 0.05) is 19.0 Å². The molecule has 114 valence electrons. The van der Waals surface area contributed by atoms with Crippen LogP contribution in [0.5, 0.6) is 0 Å². The molecule has 8 nitrogen and oxygen atoms in total. The van der Waals surface area contributed by atoms with Gasteiger partial charge >= 0.3 is 0 Å². The van der Waals surface area contributed by atoms with E-state index in [0.717, 1.165) is 12.1 Å². The number of nitrogens with one attached hydrogen (secondary N) is 1. The lowest BCUT2D eigenvalue weighted by Crippen LogP contribution is -2.27. The van der Waals surface area contributed by atoms with Crippen LogP contribution in [0.3, 0.4) is 0 Å². The summed E-state index contributed by atoms with van der Waals surface area (Å²) in [6.07, 6.45) is 1.12. The third kappa shape index (κ3) is 4.41. The van der Waals surface area contributed by atoms with Crippen LogP contribution < -0.4 is 16.8 Å². The maximum absolute atomic E-state index is 13.6. The number of anilines is 1. The number of nitrogens with two attached hydrogens (primary N) is 2. The van der Waals surface area contributed by atoms with Gasteiger partial charge in [-0.15, -0.1) is 0 Å². The van der Waals surface area contributed by atoms with E-state index in [1.165, 1.54) is 0 Å². The summed E-state index contributed by atoms with van der Waals surface area (Å²) in [6.45, 7) is 0.174. The highest BCUT2D eigenvalue weighted by Gasteiger charge is 2.23. The largest absolute Gasteiger partial charge is 0.392 e. The Hall–Kier alpha value is -2.71. The minimum Gasteiger partial charge on any atom is -0.392 e. The highest BCUT2D eigenvalue weighted by atomic mass is 19.1. The van der Waals surface area contributed by atoms with Crippen molar-refractivity contribution in [2.45, 2.75) is 19.3 Å². The van der Waals surface area contributed by atoms with Crippen molar-refractivity contribution in [2.24, 2.45) is 5.73 Å². The first kappa shape index (κ1) is 16.3. The average molecular weight is 298 g/mol. The lowest BCUT2D eigenvalue weighted by atomic mass is 10.1. The van der Waals surface area contributed by atoms with E-state index in [1.807, 2.05) is 0 Å². The second-order valence-corrected chi connectivity index (χ2v) is 4.29. The molecule has 0 atom stereocenters. The van der Waals surface area contributed by atoms with Gasteiger partial charge in [0.1, 0.15) is 17.1 Å². The van der Waals surface area contributed by atoms with Crippen molar-refractivity contribution in [1.82, 2.24) is 5.32 Å². The average Bonchev–Trinajstić information content (AvgIpc) is 2.37. The predicted octanol–water partition coefficient (Wildman–Crippen LogP) is 0.701. The molecule has 0 heterocycles. The predicted molar refractivity (Wildman–Crippen MR) is 72.8 cm³/mol. The fraction of sp³-hybridized carbons (Fsp3) is 0.333. The Kier molecular flexibility index (Phi) is 5.58. The standard InChI is InChI=1S/C12H15FN4O4/c13-7-4-5-8(17(20)21)11(15)10(7)12(19)16-6-2-1-3-9(14)18/h4-5H,1-3,6,15H2,(H2,14,18)(H,16,19). The third-order valence-electron chi connectivity index (χ3n) is 2.73. The van der Waals surface area contributed by atoms with Crippen LogP contribution in [0.2, 0.25) is 0 Å². The van der Waals surface area contributed by atoms with E-state index < -0.39 is 39.5 Å². The van der Waals surface area contributed by atoms with Crippen molar-refractivity contribution in [2.75, 3.05) is 12.3 Å². The summed E-state index contributed by atoms with van der Waals surface area (Å²) in [5, 5.41) is 13.1. The molecule has 5 N–H and O–H groups in total. The van der Waals surface area contributed by atoms with Gasteiger partial charge in [0.25, 0.3) is 11.6 Å². The van der Waals surface area contributed by atoms with Crippen molar-refractivity contribution in [1.29, 1.82) is 0 Å². The summed E-state index contributed by atoms with van der Waals surface area (Å²) >= 11 is 0. The Morgan fingerprint density at radius 1 is 1.33 bits per heavy atom. The first-order valence-corrected chi connectivity index (χ1v) is 6.13. The number of primary amides is 1. The number of unbranched alkanes of at least 4 members (excludes halogenated alkanes) is 1. The fourth-order valence-corrected chi connectivity index (χ4v) is 1.69. The number of nitrogen functional groups attached to an aromatic ring is 1. The zero-order valence-corrected chi connectivity index (χ0v) is 11.1. The number of nitro benzene ring substituents is 1. The Labute approximate surface area is 119 Å². The first-order chi connectivity index (χ1) is 9.84. The maximum Gasteiger partial charge on any atom is 0.293 e. The Balaban J connectivity index is 2.72. The van der Waals surface area contributed by atoms with E-state index in [4.69, 9.17) is 11.5 Å². The van der Waals surface area contributed by atoms with Gasteiger partial charge < -0.3 is 16.8 Å². The number of carbonyl (C=O) groups is 2. The molecule has 0 bridgehead atoms. The summed E-state index contributed by atoms with van der Waals surface area (Å²) in [6, 6.07) is 1.71. The zero-order valence-electron chi connectivity index (χ0n) is 11.1. The van der Waals surface area contributed by atoms with Gasteiger partial charge in [-0.2, -0.15) is 0 Å². The van der Waals surface area contributed by atoms with E-state index >= 15 is 0 Å². The lowest BCUT2D eigenvalue weighted by Gasteiger charge is -2.08. The minimum absolute atomic E-state index is 0.174. The molecule has 1 aromatic rings. The second-order valence-electron chi connectivity index (χ2n) is 4.29. The molecule has 0 aliphatic rings. The molecule has 1 aromatic carbocycles. The number of nitro groups is 1. The quantitative estimate of drug-likeness (QED) is 0.294. The van der Waals surface area contributed by atoms with E-state index in [0.29, 0.717) is 12.8 Å². The highest BCUT2D eigenvalue weighted by Crippen LogP contribution is 2.27. The van der Waals surface area contributed by atoms with Crippen LogP contribution in [0.1, 0.15) is 29.6 Å². The lowest BCUT2D eigenvalue weighted by molar-refractivity contribution is -0.384. The van der Waals surface area contributed by atoms with Crippen LogP contribution in [-0.2, 0) is 4.79 Å². The molecule has 9 heteroatoms. The molecule has 0 aliphatic carbocycles. The maximum atomic E-state index is 13.6. The van der Waals surface area contributed by atoms with Crippen LogP contribution in [0, 0.1) is 15.9 Å². The summed E-state index contributed by atoms with van der Waals surface area (Å²) < 4.78 is 13.6. The number of nitrogens with zero attached hydrogens (tertiary/aromatic N) is 1. The van der Waals surface area contributed by atoms with Crippen molar-refractivity contribution < 1.29 is 18.9 Å². The smallest absolute Gasteiger partial charge is 0.293 e. The molecule has 21 heavy (non-hydrogen) atoms. The molecule has 0 aromatic heterocycles. The third-order valence-corrected chi connectivity index (χ3v) is 2.73. The molecule has 0 unspecified atom stereocenters. The van der Waals surface area contributed by atoms with Crippen molar-refractivity contribution >= 4 is 23.2 Å². The van der Waals surface area contributed by atoms with Crippen molar-refractivity contribution in [3.05, 3.63) is 33.6 Å².